The van der Waals surface area contributed by atoms with Gasteiger partial charge in [-0.05, 0) is 65.7 Å². The lowest BCUT2D eigenvalue weighted by Crippen LogP contribution is -2.22. The van der Waals surface area contributed by atoms with Crippen molar-refractivity contribution in [3.05, 3.63) is 66.2 Å². The molecule has 2 aromatic heterocycles. The number of benzene rings is 3. The summed E-state index contributed by atoms with van der Waals surface area (Å²) >= 11 is 0. The summed E-state index contributed by atoms with van der Waals surface area (Å²) in [5, 5.41) is 15.6. The number of nitrogens with zero attached hydrogens (tertiary/aromatic N) is 5. The van der Waals surface area contributed by atoms with Crippen molar-refractivity contribution in [2.75, 3.05) is 32.2 Å². The number of imidazole rings is 1. The third kappa shape index (κ3) is 7.95. The Bertz CT molecular complexity index is 1830. The quantitative estimate of drug-likeness (QED) is 0.0952. The third-order valence-corrected chi connectivity index (χ3v) is 11.5. The maximum atomic E-state index is 12.0. The predicted octanol–water partition coefficient (Wildman–Crippen LogP) is 8.11. The minimum absolute atomic E-state index is 0.199. The van der Waals surface area contributed by atoms with Crippen LogP contribution in [0, 0.1) is 0 Å². The van der Waals surface area contributed by atoms with Gasteiger partial charge in [0.05, 0.1) is 22.1 Å². The van der Waals surface area contributed by atoms with E-state index >= 15 is 0 Å². The maximum absolute atomic E-state index is 12.0. The van der Waals surface area contributed by atoms with E-state index in [2.05, 4.69) is 85.1 Å². The molecule has 0 radical (unpaired) electrons. The van der Waals surface area contributed by atoms with E-state index in [1.54, 1.807) is 12.1 Å². The van der Waals surface area contributed by atoms with Crippen LogP contribution in [-0.2, 0) is 22.9 Å². The molecule has 0 amide bonds. The number of fused-ring (bicyclic) bond motifs is 2. The van der Waals surface area contributed by atoms with Crippen molar-refractivity contribution in [3.63, 3.8) is 0 Å². The van der Waals surface area contributed by atoms with Gasteiger partial charge in [0.2, 0.25) is 0 Å². The highest BCUT2D eigenvalue weighted by atomic mass is 28.3. The van der Waals surface area contributed by atoms with Crippen LogP contribution in [-0.4, -0.2) is 73.9 Å². The minimum atomic E-state index is -1.29. The Balaban J connectivity index is 1.61. The Morgan fingerprint density at radius 2 is 1.43 bits per heavy atom. The summed E-state index contributed by atoms with van der Waals surface area (Å²) in [5.41, 5.74) is 6.68. The van der Waals surface area contributed by atoms with Crippen LogP contribution < -0.4 is 4.90 Å². The van der Waals surface area contributed by atoms with Crippen molar-refractivity contribution in [1.29, 1.82) is 0 Å². The molecule has 0 aliphatic carbocycles. The molecular weight excluding hydrogens is 611 g/mol. The zero-order valence-electron chi connectivity index (χ0n) is 28.4. The molecule has 0 saturated carbocycles. The van der Waals surface area contributed by atoms with Crippen LogP contribution >= 0.6 is 0 Å². The van der Waals surface area contributed by atoms with E-state index in [1.807, 2.05) is 30.9 Å². The predicted molar refractivity (Wildman–Crippen MR) is 193 cm³/mol. The summed E-state index contributed by atoms with van der Waals surface area (Å²) in [6.45, 7) is 15.9. The van der Waals surface area contributed by atoms with Gasteiger partial charge in [-0.25, -0.2) is 14.5 Å². The number of carboxylic acid groups (broad SMARTS) is 1. The van der Waals surface area contributed by atoms with Crippen molar-refractivity contribution in [3.8, 4) is 22.6 Å². The number of hydrogen-bond donors (Lipinski definition) is 1. The molecular formula is C35H47N5O4Si2. The Labute approximate surface area is 273 Å². The molecule has 3 aromatic carbocycles. The molecule has 9 nitrogen and oxygen atoms in total. The van der Waals surface area contributed by atoms with Gasteiger partial charge in [0.25, 0.3) is 0 Å². The molecule has 0 aliphatic heterocycles. The lowest BCUT2D eigenvalue weighted by atomic mass is 10.0. The molecule has 46 heavy (non-hydrogen) atoms. The fourth-order valence-electron chi connectivity index (χ4n) is 5.21. The molecule has 2 heterocycles. The van der Waals surface area contributed by atoms with E-state index in [9.17, 15) is 9.90 Å². The Kier molecular flexibility index (Phi) is 9.87. The molecule has 0 spiro atoms. The fourth-order valence-corrected chi connectivity index (χ4v) is 6.72. The number of hydrogen-bond acceptors (Lipinski definition) is 6. The molecule has 0 unspecified atom stereocenters. The Hall–Kier alpha value is -3.78. The second-order valence-electron chi connectivity index (χ2n) is 14.6. The van der Waals surface area contributed by atoms with Gasteiger partial charge in [-0.2, -0.15) is 5.10 Å². The van der Waals surface area contributed by atoms with Crippen molar-refractivity contribution in [1.82, 2.24) is 19.3 Å². The second-order valence-corrected chi connectivity index (χ2v) is 25.8. The van der Waals surface area contributed by atoms with Crippen molar-refractivity contribution in [2.24, 2.45) is 0 Å². The van der Waals surface area contributed by atoms with Gasteiger partial charge in [0.1, 0.15) is 19.2 Å². The summed E-state index contributed by atoms with van der Waals surface area (Å²) in [6.07, 6.45) is 0. The first-order valence-corrected chi connectivity index (χ1v) is 23.3. The van der Waals surface area contributed by atoms with E-state index < -0.39 is 22.1 Å². The first-order valence-electron chi connectivity index (χ1n) is 15.9. The number of carbonyl (C=O) groups is 1. The number of anilines is 1. The van der Waals surface area contributed by atoms with Crippen LogP contribution in [0.15, 0.2) is 60.7 Å². The van der Waals surface area contributed by atoms with Gasteiger partial charge in [-0.1, -0.05) is 57.5 Å². The van der Waals surface area contributed by atoms with Gasteiger partial charge in [-0.3, -0.25) is 4.57 Å². The standard InChI is InChI=1S/C35H47N5O4Si2/c1-38(2)28-13-9-25(10-14-28)26-11-15-30-32(22-26)39(23-43-17-19-45(3,4)5)34(36-30)33-29-21-27(35(41)42)12-16-31(29)40(37-33)24-44-18-20-46(6,7)8/h9-16,21-22H,17-20,23-24H2,1-8H3,(H,41,42). The lowest BCUT2D eigenvalue weighted by molar-refractivity contribution is 0.0697. The highest BCUT2D eigenvalue weighted by Gasteiger charge is 2.22. The van der Waals surface area contributed by atoms with Gasteiger partial charge < -0.3 is 19.5 Å². The molecule has 0 atom stereocenters. The van der Waals surface area contributed by atoms with E-state index in [-0.39, 0.29) is 12.3 Å². The van der Waals surface area contributed by atoms with E-state index in [1.165, 1.54) is 0 Å². The summed E-state index contributed by atoms with van der Waals surface area (Å²) in [4.78, 5) is 19.2. The van der Waals surface area contributed by atoms with Crippen molar-refractivity contribution >= 4 is 49.7 Å². The third-order valence-electron chi connectivity index (χ3n) is 8.10. The molecule has 5 aromatic rings. The normalized spacial score (nSPS) is 12.3. The summed E-state index contributed by atoms with van der Waals surface area (Å²) in [7, 11) is 1.52. The molecule has 244 valence electrons. The van der Waals surface area contributed by atoms with Crippen LogP contribution in [0.2, 0.25) is 51.4 Å². The molecule has 11 heteroatoms. The van der Waals surface area contributed by atoms with E-state index in [4.69, 9.17) is 19.6 Å². The monoisotopic (exact) mass is 657 g/mol. The first kappa shape index (κ1) is 33.6. The first-order chi connectivity index (χ1) is 21.7. The molecule has 0 fully saturated rings. The SMILES string of the molecule is CN(C)c1ccc(-c2ccc3nc(-c4nn(COCC[Si](C)(C)C)c5ccc(C(=O)O)cc45)n(COCC[Si](C)(C)C)c3c2)cc1. The van der Waals surface area contributed by atoms with Gasteiger partial charge in [0, 0.05) is 54.5 Å². The average molecular weight is 658 g/mol. The van der Waals surface area contributed by atoms with Crippen LogP contribution in [0.25, 0.3) is 44.6 Å². The molecule has 0 bridgehead atoms. The van der Waals surface area contributed by atoms with Gasteiger partial charge in [0.15, 0.2) is 5.82 Å². The molecule has 5 rings (SSSR count). The zero-order valence-corrected chi connectivity index (χ0v) is 30.4. The number of aromatic nitrogens is 4. The summed E-state index contributed by atoms with van der Waals surface area (Å²) in [5.74, 6) is -0.350. The minimum Gasteiger partial charge on any atom is -0.478 e. The largest absolute Gasteiger partial charge is 0.478 e. The number of rotatable bonds is 14. The molecule has 1 N–H and O–H groups in total. The fraction of sp³-hybridized carbons (Fsp3) is 0.400. The van der Waals surface area contributed by atoms with Crippen molar-refractivity contribution in [2.45, 2.75) is 64.8 Å². The van der Waals surface area contributed by atoms with E-state index in [0.29, 0.717) is 36.8 Å². The second kappa shape index (κ2) is 13.5. The topological polar surface area (TPSA) is 94.6 Å². The Morgan fingerprint density at radius 1 is 0.804 bits per heavy atom. The lowest BCUT2D eigenvalue weighted by Gasteiger charge is -2.16. The van der Waals surface area contributed by atoms with Crippen LogP contribution in [0.5, 0.6) is 0 Å². The maximum Gasteiger partial charge on any atom is 0.335 e. The number of ether oxygens (including phenoxy) is 2. The number of carboxylic acids is 1. The van der Waals surface area contributed by atoms with E-state index in [0.717, 1.165) is 45.5 Å². The summed E-state index contributed by atoms with van der Waals surface area (Å²) < 4.78 is 16.3. The number of aromatic carboxylic acids is 1. The zero-order chi connectivity index (χ0) is 33.2. The van der Waals surface area contributed by atoms with Crippen molar-refractivity contribution < 1.29 is 19.4 Å². The molecule has 0 saturated heterocycles. The average Bonchev–Trinajstić information content (AvgIpc) is 3.53. The van der Waals surface area contributed by atoms with Crippen LogP contribution in [0.4, 0.5) is 5.69 Å². The Morgan fingerprint density at radius 3 is 2.04 bits per heavy atom. The highest BCUT2D eigenvalue weighted by molar-refractivity contribution is 6.76. The summed E-state index contributed by atoms with van der Waals surface area (Å²) in [6, 6.07) is 22.0. The smallest absolute Gasteiger partial charge is 0.335 e. The van der Waals surface area contributed by atoms with Gasteiger partial charge >= 0.3 is 5.97 Å². The van der Waals surface area contributed by atoms with Crippen LogP contribution in [0.3, 0.4) is 0 Å². The van der Waals surface area contributed by atoms with Crippen LogP contribution in [0.1, 0.15) is 10.4 Å². The van der Waals surface area contributed by atoms with Gasteiger partial charge in [-0.15, -0.1) is 0 Å². The molecule has 0 aliphatic rings. The highest BCUT2D eigenvalue weighted by Crippen LogP contribution is 2.33.